The van der Waals surface area contributed by atoms with E-state index in [9.17, 15) is 8.78 Å². The van der Waals surface area contributed by atoms with E-state index in [4.69, 9.17) is 5.73 Å². The highest BCUT2D eigenvalue weighted by molar-refractivity contribution is 5.76. The van der Waals surface area contributed by atoms with Crippen molar-refractivity contribution < 1.29 is 8.78 Å². The Morgan fingerprint density at radius 3 is 2.91 bits per heavy atom. The first-order valence-electron chi connectivity index (χ1n) is 10.4. The zero-order valence-corrected chi connectivity index (χ0v) is 17.1. The Morgan fingerprint density at radius 2 is 2.00 bits per heavy atom. The fourth-order valence-electron chi connectivity index (χ4n) is 3.94. The lowest BCUT2D eigenvalue weighted by atomic mass is 10.1. The lowest BCUT2D eigenvalue weighted by molar-refractivity contribution is 0.414. The van der Waals surface area contributed by atoms with Gasteiger partial charge < -0.3 is 11.1 Å². The SMILES string of the molecule is Nc1ncc(-c2cnn(C3CCCNCC3)c2)cc1-c1nnnn1-c1cccc(F)c1F. The number of nitrogens with one attached hydrogen (secondary N) is 1. The van der Waals surface area contributed by atoms with Gasteiger partial charge >= 0.3 is 0 Å². The number of nitrogen functional groups attached to an aromatic ring is 1. The van der Waals surface area contributed by atoms with Crippen LogP contribution in [0.1, 0.15) is 25.3 Å². The van der Waals surface area contributed by atoms with Crippen molar-refractivity contribution in [3.8, 4) is 28.2 Å². The minimum absolute atomic E-state index is 0.121. The highest BCUT2D eigenvalue weighted by Gasteiger charge is 2.20. The molecule has 4 heterocycles. The molecule has 0 amide bonds. The highest BCUT2D eigenvalue weighted by atomic mass is 19.2. The first-order chi connectivity index (χ1) is 15.6. The number of hydrogen-bond acceptors (Lipinski definition) is 7. The van der Waals surface area contributed by atoms with Gasteiger partial charge in [-0.1, -0.05) is 6.07 Å². The first kappa shape index (κ1) is 20.2. The van der Waals surface area contributed by atoms with Crippen molar-refractivity contribution in [2.24, 2.45) is 0 Å². The molecule has 0 radical (unpaired) electrons. The highest BCUT2D eigenvalue weighted by Crippen LogP contribution is 2.31. The summed E-state index contributed by atoms with van der Waals surface area (Å²) >= 11 is 0. The van der Waals surface area contributed by atoms with Crippen molar-refractivity contribution in [3.05, 3.63) is 54.5 Å². The number of aromatic nitrogens is 7. The van der Waals surface area contributed by atoms with E-state index >= 15 is 0 Å². The second-order valence-electron chi connectivity index (χ2n) is 7.69. The fourth-order valence-corrected chi connectivity index (χ4v) is 3.94. The lowest BCUT2D eigenvalue weighted by Crippen LogP contribution is -2.15. The molecule has 1 aliphatic heterocycles. The number of halogens is 2. The molecule has 11 heteroatoms. The summed E-state index contributed by atoms with van der Waals surface area (Å²) in [6, 6.07) is 5.91. The summed E-state index contributed by atoms with van der Waals surface area (Å²) in [5.41, 5.74) is 8.01. The molecular formula is C21H21F2N9. The standard InChI is InChI=1S/C21H21F2N9/c22-17-4-1-5-18(19(17)23)32-21(28-29-30-32)16-9-13(10-26-20(16)24)14-11-27-31(12-14)15-3-2-7-25-8-6-15/h1,4-5,9-12,15,25H,2-3,6-8H2,(H2,24,26). The molecule has 1 unspecified atom stereocenters. The third-order valence-corrected chi connectivity index (χ3v) is 5.64. The second kappa shape index (κ2) is 8.42. The van der Waals surface area contributed by atoms with Crippen molar-refractivity contribution in [3.63, 3.8) is 0 Å². The molecule has 1 fully saturated rings. The summed E-state index contributed by atoms with van der Waals surface area (Å²) < 4.78 is 31.2. The third-order valence-electron chi connectivity index (χ3n) is 5.64. The van der Waals surface area contributed by atoms with Crippen LogP contribution in [0.15, 0.2) is 42.9 Å². The summed E-state index contributed by atoms with van der Waals surface area (Å²) in [7, 11) is 0. The van der Waals surface area contributed by atoms with Gasteiger partial charge in [0, 0.05) is 23.5 Å². The number of nitrogens with zero attached hydrogens (tertiary/aromatic N) is 7. The molecule has 0 spiro atoms. The average Bonchev–Trinajstić information content (AvgIpc) is 3.40. The van der Waals surface area contributed by atoms with Gasteiger partial charge in [0.05, 0.1) is 17.8 Å². The Kier molecular flexibility index (Phi) is 5.31. The number of hydrogen-bond donors (Lipinski definition) is 2. The van der Waals surface area contributed by atoms with E-state index in [-0.39, 0.29) is 17.3 Å². The molecule has 3 aromatic heterocycles. The van der Waals surface area contributed by atoms with Crippen LogP contribution in [0.5, 0.6) is 0 Å². The van der Waals surface area contributed by atoms with Crippen molar-refractivity contribution in [2.45, 2.75) is 25.3 Å². The number of tetrazole rings is 1. The molecule has 164 valence electrons. The average molecular weight is 437 g/mol. The third kappa shape index (κ3) is 3.71. The van der Waals surface area contributed by atoms with E-state index in [0.29, 0.717) is 11.6 Å². The Bertz CT molecular complexity index is 1240. The van der Waals surface area contributed by atoms with Gasteiger partial charge in [-0.2, -0.15) is 9.78 Å². The molecule has 0 aliphatic carbocycles. The Balaban J connectivity index is 1.51. The van der Waals surface area contributed by atoms with Gasteiger partial charge in [-0.25, -0.2) is 13.8 Å². The summed E-state index contributed by atoms with van der Waals surface area (Å²) in [6.07, 6.45) is 8.60. The maximum absolute atomic E-state index is 14.4. The zero-order valence-electron chi connectivity index (χ0n) is 17.1. The van der Waals surface area contributed by atoms with Crippen LogP contribution >= 0.6 is 0 Å². The maximum Gasteiger partial charge on any atom is 0.190 e. The van der Waals surface area contributed by atoms with Crippen molar-refractivity contribution in [2.75, 3.05) is 18.8 Å². The summed E-state index contributed by atoms with van der Waals surface area (Å²) in [4.78, 5) is 4.28. The fraction of sp³-hybridized carbons (Fsp3) is 0.286. The predicted octanol–water partition coefficient (Wildman–Crippen LogP) is 2.76. The summed E-state index contributed by atoms with van der Waals surface area (Å²) in [5.74, 6) is -1.72. The molecule has 1 saturated heterocycles. The van der Waals surface area contributed by atoms with E-state index in [0.717, 1.165) is 54.2 Å². The van der Waals surface area contributed by atoms with Crippen LogP contribution in [0.2, 0.25) is 0 Å². The smallest absolute Gasteiger partial charge is 0.190 e. The number of pyridine rings is 1. The van der Waals surface area contributed by atoms with Gasteiger partial charge in [0.2, 0.25) is 0 Å². The molecule has 9 nitrogen and oxygen atoms in total. The van der Waals surface area contributed by atoms with Gasteiger partial charge in [0.15, 0.2) is 17.5 Å². The van der Waals surface area contributed by atoms with Crippen molar-refractivity contribution in [1.29, 1.82) is 0 Å². The van der Waals surface area contributed by atoms with Gasteiger partial charge in [-0.3, -0.25) is 4.68 Å². The van der Waals surface area contributed by atoms with Gasteiger partial charge in [0.1, 0.15) is 11.5 Å². The maximum atomic E-state index is 14.4. The molecule has 0 saturated carbocycles. The minimum Gasteiger partial charge on any atom is -0.383 e. The Labute approximate surface area is 182 Å². The first-order valence-corrected chi connectivity index (χ1v) is 10.4. The van der Waals surface area contributed by atoms with Gasteiger partial charge in [-0.05, 0) is 61.0 Å². The van der Waals surface area contributed by atoms with Crippen LogP contribution in [0.3, 0.4) is 0 Å². The number of rotatable bonds is 4. The molecule has 1 aromatic carbocycles. The normalized spacial score (nSPS) is 16.8. The van der Waals surface area contributed by atoms with Crippen LogP contribution in [0, 0.1) is 11.6 Å². The van der Waals surface area contributed by atoms with E-state index < -0.39 is 11.6 Å². The van der Waals surface area contributed by atoms with Crippen LogP contribution in [-0.2, 0) is 0 Å². The number of nitrogens with two attached hydrogens (primary N) is 1. The van der Waals surface area contributed by atoms with E-state index in [2.05, 4.69) is 30.9 Å². The molecule has 4 aromatic rings. The molecule has 32 heavy (non-hydrogen) atoms. The summed E-state index contributed by atoms with van der Waals surface area (Å²) in [5, 5.41) is 19.4. The quantitative estimate of drug-likeness (QED) is 0.505. The van der Waals surface area contributed by atoms with Crippen LogP contribution in [-0.4, -0.2) is 48.1 Å². The van der Waals surface area contributed by atoms with Gasteiger partial charge in [-0.15, -0.1) is 5.10 Å². The van der Waals surface area contributed by atoms with E-state index in [1.807, 2.05) is 10.9 Å². The van der Waals surface area contributed by atoms with Crippen LogP contribution in [0.4, 0.5) is 14.6 Å². The molecular weight excluding hydrogens is 416 g/mol. The van der Waals surface area contributed by atoms with Crippen molar-refractivity contribution >= 4 is 5.82 Å². The monoisotopic (exact) mass is 437 g/mol. The largest absolute Gasteiger partial charge is 0.383 e. The molecule has 1 aliphatic rings. The van der Waals surface area contributed by atoms with Gasteiger partial charge in [0.25, 0.3) is 0 Å². The topological polar surface area (TPSA) is 112 Å². The predicted molar refractivity (Wildman–Crippen MR) is 114 cm³/mol. The minimum atomic E-state index is -1.05. The van der Waals surface area contributed by atoms with E-state index in [1.165, 1.54) is 12.1 Å². The summed E-state index contributed by atoms with van der Waals surface area (Å²) in [6.45, 7) is 1.99. The molecule has 3 N–H and O–H groups in total. The van der Waals surface area contributed by atoms with Crippen LogP contribution < -0.4 is 11.1 Å². The van der Waals surface area contributed by atoms with Crippen LogP contribution in [0.25, 0.3) is 28.2 Å². The molecule has 0 bridgehead atoms. The second-order valence-corrected chi connectivity index (χ2v) is 7.69. The van der Waals surface area contributed by atoms with E-state index in [1.54, 1.807) is 18.5 Å². The zero-order chi connectivity index (χ0) is 22.1. The number of anilines is 1. The number of benzene rings is 1. The lowest BCUT2D eigenvalue weighted by Gasteiger charge is -2.13. The van der Waals surface area contributed by atoms with Crippen molar-refractivity contribution in [1.82, 2.24) is 40.3 Å². The Hall–Kier alpha value is -3.73. The molecule has 1 atom stereocenters. The Morgan fingerprint density at radius 1 is 1.09 bits per heavy atom. The molecule has 5 rings (SSSR count).